The van der Waals surface area contributed by atoms with E-state index in [1.165, 1.54) is 16.4 Å². The van der Waals surface area contributed by atoms with Crippen LogP contribution in [0.1, 0.15) is 42.8 Å². The van der Waals surface area contributed by atoms with Crippen LogP contribution in [0, 0.1) is 5.92 Å². The molecule has 2 aromatic rings. The fourth-order valence-corrected chi connectivity index (χ4v) is 5.20. The van der Waals surface area contributed by atoms with Crippen molar-refractivity contribution in [3.05, 3.63) is 54.0 Å². The number of hydrogen-bond donors (Lipinski definition) is 1. The maximum absolute atomic E-state index is 12.8. The maximum atomic E-state index is 12.8. The molecular formula is C22H29N3O5S. The molecule has 2 heterocycles. The average molecular weight is 448 g/mol. The predicted octanol–water partition coefficient (Wildman–Crippen LogP) is 2.48. The molecule has 0 spiro atoms. The third-order valence-corrected chi connectivity index (χ3v) is 7.68. The largest absolute Gasteiger partial charge is 0.467 e. The molecule has 1 fully saturated rings. The minimum absolute atomic E-state index is 0.0329. The predicted molar refractivity (Wildman–Crippen MR) is 116 cm³/mol. The average Bonchev–Trinajstić information content (AvgIpc) is 3.31. The van der Waals surface area contributed by atoms with Crippen LogP contribution in [0.25, 0.3) is 0 Å². The number of nitrogens with one attached hydrogen (secondary N) is 1. The summed E-state index contributed by atoms with van der Waals surface area (Å²) < 4.78 is 31.8. The van der Waals surface area contributed by atoms with Crippen molar-refractivity contribution in [2.75, 3.05) is 26.2 Å². The van der Waals surface area contributed by atoms with E-state index in [0.717, 1.165) is 0 Å². The van der Waals surface area contributed by atoms with Gasteiger partial charge in [0, 0.05) is 37.7 Å². The monoisotopic (exact) mass is 447 g/mol. The number of rotatable bonds is 8. The molecule has 0 radical (unpaired) electrons. The Morgan fingerprint density at radius 2 is 1.74 bits per heavy atom. The SMILES string of the molecule is CCN(CC)S(=O)(=O)c1ccc(C(=O)N2CCC(C(=O)NCc3ccco3)CC2)cc1. The van der Waals surface area contributed by atoms with Gasteiger partial charge in [-0.1, -0.05) is 13.8 Å². The number of piperidine rings is 1. The molecule has 1 aliphatic rings. The molecule has 9 heteroatoms. The zero-order valence-electron chi connectivity index (χ0n) is 17.9. The quantitative estimate of drug-likeness (QED) is 0.670. The van der Waals surface area contributed by atoms with Gasteiger partial charge >= 0.3 is 0 Å². The van der Waals surface area contributed by atoms with Crippen molar-refractivity contribution < 1.29 is 22.4 Å². The zero-order chi connectivity index (χ0) is 22.4. The molecule has 1 aromatic carbocycles. The fourth-order valence-electron chi connectivity index (χ4n) is 3.74. The first kappa shape index (κ1) is 23.0. The lowest BCUT2D eigenvalue weighted by Gasteiger charge is -2.31. The molecule has 0 bridgehead atoms. The smallest absolute Gasteiger partial charge is 0.253 e. The van der Waals surface area contributed by atoms with Crippen molar-refractivity contribution >= 4 is 21.8 Å². The lowest BCUT2D eigenvalue weighted by Crippen LogP contribution is -2.42. The first-order valence-electron chi connectivity index (χ1n) is 10.6. The fraction of sp³-hybridized carbons (Fsp3) is 0.455. The Morgan fingerprint density at radius 3 is 2.29 bits per heavy atom. The van der Waals surface area contributed by atoms with E-state index in [1.807, 2.05) is 0 Å². The van der Waals surface area contributed by atoms with E-state index in [2.05, 4.69) is 5.32 Å². The number of nitrogens with zero attached hydrogens (tertiary/aromatic N) is 2. The van der Waals surface area contributed by atoms with E-state index in [1.54, 1.807) is 49.3 Å². The van der Waals surface area contributed by atoms with Crippen LogP contribution < -0.4 is 5.32 Å². The van der Waals surface area contributed by atoms with E-state index < -0.39 is 10.0 Å². The Hall–Kier alpha value is -2.65. The van der Waals surface area contributed by atoms with Crippen LogP contribution in [-0.2, 0) is 21.4 Å². The molecule has 1 N–H and O–H groups in total. The highest BCUT2D eigenvalue weighted by molar-refractivity contribution is 7.89. The van der Waals surface area contributed by atoms with Crippen molar-refractivity contribution in [1.82, 2.24) is 14.5 Å². The van der Waals surface area contributed by atoms with Gasteiger partial charge in [-0.3, -0.25) is 9.59 Å². The van der Waals surface area contributed by atoms with Crippen LogP contribution in [0.3, 0.4) is 0 Å². The Kier molecular flexibility index (Phi) is 7.50. The molecule has 1 aromatic heterocycles. The first-order valence-corrected chi connectivity index (χ1v) is 12.0. The molecule has 3 rings (SSSR count). The Balaban J connectivity index is 1.55. The van der Waals surface area contributed by atoms with Gasteiger partial charge < -0.3 is 14.6 Å². The molecule has 0 unspecified atom stereocenters. The van der Waals surface area contributed by atoms with Gasteiger partial charge in [0.2, 0.25) is 15.9 Å². The van der Waals surface area contributed by atoms with Crippen molar-refractivity contribution in [1.29, 1.82) is 0 Å². The summed E-state index contributed by atoms with van der Waals surface area (Å²) in [5.41, 5.74) is 0.444. The Bertz CT molecular complexity index is 975. The normalized spacial score (nSPS) is 15.3. The number of furan rings is 1. The van der Waals surface area contributed by atoms with Crippen LogP contribution in [0.2, 0.25) is 0 Å². The molecule has 8 nitrogen and oxygen atoms in total. The summed E-state index contributed by atoms with van der Waals surface area (Å²) in [5, 5.41) is 2.87. The number of sulfonamides is 1. The zero-order valence-corrected chi connectivity index (χ0v) is 18.7. The van der Waals surface area contributed by atoms with Crippen molar-refractivity contribution in [2.45, 2.75) is 38.1 Å². The Labute approximate surface area is 183 Å². The number of likely N-dealkylation sites (tertiary alicyclic amines) is 1. The lowest BCUT2D eigenvalue weighted by atomic mass is 9.95. The van der Waals surface area contributed by atoms with E-state index in [4.69, 9.17) is 4.42 Å². The first-order chi connectivity index (χ1) is 14.9. The van der Waals surface area contributed by atoms with E-state index in [9.17, 15) is 18.0 Å². The summed E-state index contributed by atoms with van der Waals surface area (Å²) in [5.74, 6) is 0.378. The molecular weight excluding hydrogens is 418 g/mol. The van der Waals surface area contributed by atoms with E-state index in [0.29, 0.717) is 56.9 Å². The summed E-state index contributed by atoms with van der Waals surface area (Å²) in [6.45, 7) is 5.69. The summed E-state index contributed by atoms with van der Waals surface area (Å²) in [6.07, 6.45) is 2.74. The van der Waals surface area contributed by atoms with Crippen LogP contribution in [0.5, 0.6) is 0 Å². The topological polar surface area (TPSA) is 99.9 Å². The minimum atomic E-state index is -3.55. The van der Waals surface area contributed by atoms with Crippen LogP contribution >= 0.6 is 0 Å². The van der Waals surface area contributed by atoms with Gasteiger partial charge in [-0.05, 0) is 49.2 Å². The third kappa shape index (κ3) is 5.34. The third-order valence-electron chi connectivity index (χ3n) is 5.61. The molecule has 0 saturated carbocycles. The molecule has 1 aliphatic heterocycles. The van der Waals surface area contributed by atoms with Crippen molar-refractivity contribution in [3.8, 4) is 0 Å². The van der Waals surface area contributed by atoms with Gasteiger partial charge in [0.15, 0.2) is 0 Å². The molecule has 0 atom stereocenters. The summed E-state index contributed by atoms with van der Waals surface area (Å²) in [4.78, 5) is 27.1. The summed E-state index contributed by atoms with van der Waals surface area (Å²) >= 11 is 0. The van der Waals surface area contributed by atoms with Gasteiger partial charge in [-0.25, -0.2) is 8.42 Å². The number of hydrogen-bond acceptors (Lipinski definition) is 5. The lowest BCUT2D eigenvalue weighted by molar-refractivity contribution is -0.126. The van der Waals surface area contributed by atoms with Crippen LogP contribution in [-0.4, -0.2) is 55.6 Å². The minimum Gasteiger partial charge on any atom is -0.467 e. The highest BCUT2D eigenvalue weighted by atomic mass is 32.2. The second-order valence-corrected chi connectivity index (χ2v) is 9.42. The van der Waals surface area contributed by atoms with E-state index >= 15 is 0 Å². The molecule has 1 saturated heterocycles. The van der Waals surface area contributed by atoms with Gasteiger partial charge in [-0.2, -0.15) is 4.31 Å². The second-order valence-electron chi connectivity index (χ2n) is 7.48. The number of carbonyl (C=O) groups excluding carboxylic acids is 2. The summed E-state index contributed by atoms with van der Waals surface area (Å²) in [7, 11) is -3.55. The molecule has 31 heavy (non-hydrogen) atoms. The number of benzene rings is 1. The second kappa shape index (κ2) is 10.1. The van der Waals surface area contributed by atoms with Crippen LogP contribution in [0.4, 0.5) is 0 Å². The summed E-state index contributed by atoms with van der Waals surface area (Å²) in [6, 6.07) is 9.66. The van der Waals surface area contributed by atoms with Crippen molar-refractivity contribution in [2.24, 2.45) is 5.92 Å². The molecule has 2 amide bonds. The van der Waals surface area contributed by atoms with Crippen LogP contribution in [0.15, 0.2) is 52.0 Å². The Morgan fingerprint density at radius 1 is 1.10 bits per heavy atom. The van der Waals surface area contributed by atoms with Gasteiger partial charge in [0.25, 0.3) is 5.91 Å². The van der Waals surface area contributed by atoms with E-state index in [-0.39, 0.29) is 22.6 Å². The number of carbonyl (C=O) groups is 2. The molecule has 0 aliphatic carbocycles. The van der Waals surface area contributed by atoms with Crippen molar-refractivity contribution in [3.63, 3.8) is 0 Å². The standard InChI is InChI=1S/C22H29N3O5S/c1-3-25(4-2)31(28,29)20-9-7-18(8-10-20)22(27)24-13-11-17(12-14-24)21(26)23-16-19-6-5-15-30-19/h5-10,15,17H,3-4,11-14,16H2,1-2H3,(H,23,26). The highest BCUT2D eigenvalue weighted by Crippen LogP contribution is 2.21. The maximum Gasteiger partial charge on any atom is 0.253 e. The molecule has 168 valence electrons. The highest BCUT2D eigenvalue weighted by Gasteiger charge is 2.28. The van der Waals surface area contributed by atoms with Gasteiger partial charge in [-0.15, -0.1) is 0 Å². The van der Waals surface area contributed by atoms with Gasteiger partial charge in [0.1, 0.15) is 5.76 Å². The van der Waals surface area contributed by atoms with Gasteiger partial charge in [0.05, 0.1) is 17.7 Å². The number of amides is 2.